The molecule has 0 aliphatic heterocycles. The standard InChI is InChI=1S/C30H21N5/c1-20-12-14-21(15-13-20)24-16-25(27(18-32)29(33)26(24)17-31)28-19-35(23-10-6-3-7-11-23)34-30(28)22-8-4-2-5-9-22/h2-16,19H,33H2,1H3. The van der Waals surface area contributed by atoms with Crippen molar-refractivity contribution in [1.29, 1.82) is 10.5 Å². The van der Waals surface area contributed by atoms with Crippen molar-refractivity contribution in [3.05, 3.63) is 114 Å². The Bertz CT molecular complexity index is 1600. The van der Waals surface area contributed by atoms with Gasteiger partial charge in [0, 0.05) is 28.5 Å². The molecule has 166 valence electrons. The van der Waals surface area contributed by atoms with E-state index in [1.54, 1.807) is 4.68 Å². The summed E-state index contributed by atoms with van der Waals surface area (Å²) >= 11 is 0. The summed E-state index contributed by atoms with van der Waals surface area (Å²) in [7, 11) is 0. The van der Waals surface area contributed by atoms with E-state index >= 15 is 0 Å². The summed E-state index contributed by atoms with van der Waals surface area (Å²) in [6.45, 7) is 2.01. The van der Waals surface area contributed by atoms with Crippen molar-refractivity contribution in [2.45, 2.75) is 6.92 Å². The van der Waals surface area contributed by atoms with E-state index in [-0.39, 0.29) is 11.3 Å². The molecule has 0 unspecified atom stereocenters. The van der Waals surface area contributed by atoms with Gasteiger partial charge >= 0.3 is 0 Å². The lowest BCUT2D eigenvalue weighted by atomic mass is 9.89. The highest BCUT2D eigenvalue weighted by Gasteiger charge is 2.23. The topological polar surface area (TPSA) is 91.4 Å². The number of hydrogen-bond acceptors (Lipinski definition) is 4. The van der Waals surface area contributed by atoms with Gasteiger partial charge in [-0.2, -0.15) is 15.6 Å². The van der Waals surface area contributed by atoms with Crippen molar-refractivity contribution in [3.8, 4) is 51.3 Å². The second kappa shape index (κ2) is 9.02. The second-order valence-corrected chi connectivity index (χ2v) is 8.26. The largest absolute Gasteiger partial charge is 0.397 e. The van der Waals surface area contributed by atoms with Crippen LogP contribution in [0.4, 0.5) is 5.69 Å². The number of nitrogen functional groups attached to an aromatic ring is 1. The van der Waals surface area contributed by atoms with Crippen molar-refractivity contribution >= 4 is 5.69 Å². The molecular weight excluding hydrogens is 430 g/mol. The Kier molecular flexibility index (Phi) is 5.59. The van der Waals surface area contributed by atoms with E-state index in [1.165, 1.54) is 0 Å². The van der Waals surface area contributed by atoms with Gasteiger partial charge in [-0.1, -0.05) is 78.4 Å². The predicted molar refractivity (Wildman–Crippen MR) is 138 cm³/mol. The molecule has 5 nitrogen and oxygen atoms in total. The summed E-state index contributed by atoms with van der Waals surface area (Å²) in [5.41, 5.74) is 13.8. The van der Waals surface area contributed by atoms with Gasteiger partial charge in [0.2, 0.25) is 0 Å². The van der Waals surface area contributed by atoms with Gasteiger partial charge in [0.1, 0.15) is 17.8 Å². The van der Waals surface area contributed by atoms with Gasteiger partial charge in [-0.3, -0.25) is 0 Å². The lowest BCUT2D eigenvalue weighted by Crippen LogP contribution is -2.01. The molecule has 5 rings (SSSR count). The number of aryl methyl sites for hydroxylation is 1. The molecule has 0 aliphatic carbocycles. The Hall–Kier alpha value is -5.13. The van der Waals surface area contributed by atoms with Crippen LogP contribution in [0.15, 0.2) is 97.2 Å². The molecule has 35 heavy (non-hydrogen) atoms. The normalized spacial score (nSPS) is 10.5. The molecule has 0 atom stereocenters. The number of aromatic nitrogens is 2. The molecule has 2 N–H and O–H groups in total. The molecule has 0 fully saturated rings. The predicted octanol–water partition coefficient (Wildman–Crippen LogP) is 6.51. The molecule has 5 aromatic rings. The van der Waals surface area contributed by atoms with E-state index in [0.717, 1.165) is 33.6 Å². The minimum absolute atomic E-state index is 0.176. The number of anilines is 1. The molecule has 0 bridgehead atoms. The van der Waals surface area contributed by atoms with Crippen LogP contribution in [0.1, 0.15) is 16.7 Å². The quantitative estimate of drug-likeness (QED) is 0.315. The number of rotatable bonds is 4. The summed E-state index contributed by atoms with van der Waals surface area (Å²) < 4.78 is 1.80. The average molecular weight is 452 g/mol. The van der Waals surface area contributed by atoms with Gasteiger partial charge < -0.3 is 5.73 Å². The SMILES string of the molecule is Cc1ccc(-c2cc(-c3cn(-c4ccccc4)nc3-c3ccccc3)c(C#N)c(N)c2C#N)cc1. The number of nitrogens with zero attached hydrogens (tertiary/aromatic N) is 4. The zero-order valence-electron chi connectivity index (χ0n) is 19.1. The highest BCUT2D eigenvalue weighted by Crippen LogP contribution is 2.40. The molecule has 0 radical (unpaired) electrons. The van der Waals surface area contributed by atoms with Gasteiger partial charge in [0.15, 0.2) is 0 Å². The minimum Gasteiger partial charge on any atom is -0.397 e. The zero-order valence-corrected chi connectivity index (χ0v) is 19.1. The monoisotopic (exact) mass is 451 g/mol. The van der Waals surface area contributed by atoms with E-state index in [0.29, 0.717) is 16.7 Å². The van der Waals surface area contributed by atoms with E-state index < -0.39 is 0 Å². The second-order valence-electron chi connectivity index (χ2n) is 8.26. The average Bonchev–Trinajstić information content (AvgIpc) is 3.35. The molecule has 5 heteroatoms. The Labute approximate surface area is 203 Å². The first-order valence-electron chi connectivity index (χ1n) is 11.2. The van der Waals surface area contributed by atoms with Crippen LogP contribution in [0.5, 0.6) is 0 Å². The van der Waals surface area contributed by atoms with Crippen LogP contribution in [0, 0.1) is 29.6 Å². The zero-order chi connectivity index (χ0) is 24.4. The maximum Gasteiger partial charge on any atom is 0.102 e. The van der Waals surface area contributed by atoms with Crippen molar-refractivity contribution in [2.24, 2.45) is 0 Å². The van der Waals surface area contributed by atoms with Crippen LogP contribution in [-0.2, 0) is 0 Å². The first kappa shape index (κ1) is 21.7. The Balaban J connectivity index is 1.83. The van der Waals surface area contributed by atoms with E-state index in [1.807, 2.05) is 104 Å². The summed E-state index contributed by atoms with van der Waals surface area (Å²) in [4.78, 5) is 0. The highest BCUT2D eigenvalue weighted by atomic mass is 15.3. The van der Waals surface area contributed by atoms with Crippen LogP contribution >= 0.6 is 0 Å². The fraction of sp³-hybridized carbons (Fsp3) is 0.0333. The third-order valence-electron chi connectivity index (χ3n) is 6.02. The maximum atomic E-state index is 10.1. The molecular formula is C30H21N5. The van der Waals surface area contributed by atoms with Crippen LogP contribution in [0.2, 0.25) is 0 Å². The Morgan fingerprint density at radius 2 is 1.31 bits per heavy atom. The minimum atomic E-state index is 0.176. The van der Waals surface area contributed by atoms with E-state index in [9.17, 15) is 10.5 Å². The van der Waals surface area contributed by atoms with Gasteiger partial charge in [-0.25, -0.2) is 4.68 Å². The lowest BCUT2D eigenvalue weighted by molar-refractivity contribution is 0.884. The fourth-order valence-electron chi connectivity index (χ4n) is 4.21. The molecule has 0 aliphatic rings. The first-order valence-corrected chi connectivity index (χ1v) is 11.2. The van der Waals surface area contributed by atoms with Gasteiger partial charge in [0.25, 0.3) is 0 Å². The molecule has 0 amide bonds. The van der Waals surface area contributed by atoms with Gasteiger partial charge in [0.05, 0.1) is 22.5 Å². The fourth-order valence-corrected chi connectivity index (χ4v) is 4.21. The van der Waals surface area contributed by atoms with Gasteiger partial charge in [-0.05, 0) is 30.7 Å². The molecule has 1 aromatic heterocycles. The van der Waals surface area contributed by atoms with Crippen LogP contribution in [0.3, 0.4) is 0 Å². The summed E-state index contributed by atoms with van der Waals surface area (Å²) in [6, 6.07) is 33.9. The van der Waals surface area contributed by atoms with Crippen molar-refractivity contribution in [3.63, 3.8) is 0 Å². The van der Waals surface area contributed by atoms with Crippen molar-refractivity contribution < 1.29 is 0 Å². The molecule has 0 saturated carbocycles. The third-order valence-corrected chi connectivity index (χ3v) is 6.02. The number of hydrogen-bond donors (Lipinski definition) is 1. The van der Waals surface area contributed by atoms with Crippen LogP contribution in [0.25, 0.3) is 39.2 Å². The lowest BCUT2D eigenvalue weighted by Gasteiger charge is -2.14. The molecule has 1 heterocycles. The van der Waals surface area contributed by atoms with E-state index in [4.69, 9.17) is 10.8 Å². The van der Waals surface area contributed by atoms with Crippen LogP contribution in [-0.4, -0.2) is 9.78 Å². The number of para-hydroxylation sites is 1. The highest BCUT2D eigenvalue weighted by molar-refractivity contribution is 5.93. The third kappa shape index (κ3) is 3.93. The molecule has 0 saturated heterocycles. The Morgan fingerprint density at radius 1 is 0.714 bits per heavy atom. The number of nitriles is 2. The van der Waals surface area contributed by atoms with Crippen LogP contribution < -0.4 is 5.73 Å². The van der Waals surface area contributed by atoms with Crippen molar-refractivity contribution in [1.82, 2.24) is 9.78 Å². The smallest absolute Gasteiger partial charge is 0.102 e. The summed E-state index contributed by atoms with van der Waals surface area (Å²) in [6.07, 6.45) is 1.91. The maximum absolute atomic E-state index is 10.1. The number of benzene rings is 4. The van der Waals surface area contributed by atoms with Gasteiger partial charge in [-0.15, -0.1) is 0 Å². The molecule has 0 spiro atoms. The first-order chi connectivity index (χ1) is 17.1. The summed E-state index contributed by atoms with van der Waals surface area (Å²) in [5, 5.41) is 24.9. The number of nitrogens with two attached hydrogens (primary N) is 1. The Morgan fingerprint density at radius 3 is 1.94 bits per heavy atom. The molecule has 4 aromatic carbocycles. The van der Waals surface area contributed by atoms with E-state index in [2.05, 4.69) is 12.1 Å². The van der Waals surface area contributed by atoms with Crippen molar-refractivity contribution in [2.75, 3.05) is 5.73 Å². The summed E-state index contributed by atoms with van der Waals surface area (Å²) in [5.74, 6) is 0.